The normalized spacial score (nSPS) is 13.4. The molecule has 0 fully saturated rings. The summed E-state index contributed by atoms with van der Waals surface area (Å²) in [5.74, 6) is 0. The van der Waals surface area contributed by atoms with E-state index in [9.17, 15) is 0 Å². The van der Waals surface area contributed by atoms with Crippen LogP contribution in [0, 0.1) is 0 Å². The number of benzene rings is 4. The molecule has 33 heavy (non-hydrogen) atoms. The van der Waals surface area contributed by atoms with Gasteiger partial charge in [0.15, 0.2) is 0 Å². The third-order valence-corrected chi connectivity index (χ3v) is 12.0. The first-order valence-corrected chi connectivity index (χ1v) is 13.5. The Bertz CT molecular complexity index is 1130. The molecule has 6 rings (SSSR count). The van der Waals surface area contributed by atoms with Crippen LogP contribution in [0.25, 0.3) is 22.3 Å². The average molecular weight is 563 g/mol. The van der Waals surface area contributed by atoms with E-state index < -0.39 is 8.07 Å². The van der Waals surface area contributed by atoms with Crippen LogP contribution in [-0.2, 0) is 26.2 Å². The topological polar surface area (TPSA) is 0 Å². The number of rotatable bonds is 3. The summed E-state index contributed by atoms with van der Waals surface area (Å²) in [6.45, 7) is 7.02. The van der Waals surface area contributed by atoms with Crippen LogP contribution in [-0.4, -0.2) is 8.07 Å². The summed E-state index contributed by atoms with van der Waals surface area (Å²) in [5, 5.41) is 0. The van der Waals surface area contributed by atoms with Gasteiger partial charge in [-0.1, -0.05) is 109 Å². The SMILES string of the molecule is C=C[Si](C)(C1c2ccccc2-c2ccccc21)C1c2ccccc2-c2ccccc21.[Cl-].[Cl-].[Zr+2]. The van der Waals surface area contributed by atoms with Crippen molar-refractivity contribution in [3.63, 3.8) is 0 Å². The average Bonchev–Trinajstić information content (AvgIpc) is 3.33. The molecule has 4 aromatic carbocycles. The molecule has 4 heteroatoms. The molecule has 0 heterocycles. The van der Waals surface area contributed by atoms with Crippen LogP contribution >= 0.6 is 0 Å². The molecule has 0 nitrogen and oxygen atoms in total. The molecule has 4 aromatic rings. The third kappa shape index (κ3) is 3.67. The first kappa shape index (κ1) is 25.9. The van der Waals surface area contributed by atoms with Gasteiger partial charge in [0.05, 0.1) is 8.07 Å². The van der Waals surface area contributed by atoms with Gasteiger partial charge in [-0.3, -0.25) is 0 Å². The van der Waals surface area contributed by atoms with E-state index in [1.54, 1.807) is 0 Å². The van der Waals surface area contributed by atoms with Crippen LogP contribution < -0.4 is 24.8 Å². The van der Waals surface area contributed by atoms with E-state index in [-0.39, 0.29) is 51.0 Å². The zero-order valence-corrected chi connectivity index (χ0v) is 23.4. The first-order valence-electron chi connectivity index (χ1n) is 10.7. The molecule has 0 aromatic heterocycles. The van der Waals surface area contributed by atoms with Crippen LogP contribution in [0.5, 0.6) is 0 Å². The number of halogens is 2. The van der Waals surface area contributed by atoms with Gasteiger partial charge in [0, 0.05) is 11.1 Å². The standard InChI is InChI=1S/C29H24Si.2ClH.Zr/c1-3-30(2,28-24-16-8-4-12-20(24)21-13-5-9-17-25(21)28)29-26-18-10-6-14-22(26)23-15-7-11-19-27(23)29;;;/h3-19,28-29H,1H2,2H3;2*1H;/q;;;+2/p-2. The van der Waals surface area contributed by atoms with Gasteiger partial charge < -0.3 is 24.8 Å². The molecule has 0 spiro atoms. The van der Waals surface area contributed by atoms with Crippen molar-refractivity contribution in [2.45, 2.75) is 17.6 Å². The van der Waals surface area contributed by atoms with Gasteiger partial charge in [0.2, 0.25) is 0 Å². The maximum Gasteiger partial charge on any atom is 2.00 e. The van der Waals surface area contributed by atoms with Crippen molar-refractivity contribution in [1.29, 1.82) is 0 Å². The molecule has 162 valence electrons. The Morgan fingerprint density at radius 1 is 0.545 bits per heavy atom. The molecule has 2 aliphatic rings. The molecule has 0 radical (unpaired) electrons. The molecule has 0 aliphatic heterocycles. The van der Waals surface area contributed by atoms with Gasteiger partial charge in [-0.05, 0) is 44.5 Å². The summed E-state index contributed by atoms with van der Waals surface area (Å²) in [6.07, 6.45) is 0. The van der Waals surface area contributed by atoms with E-state index in [2.05, 4.69) is 116 Å². The third-order valence-electron chi connectivity index (χ3n) is 7.35. The second kappa shape index (κ2) is 9.88. The van der Waals surface area contributed by atoms with Gasteiger partial charge in [-0.25, -0.2) is 0 Å². The van der Waals surface area contributed by atoms with Gasteiger partial charge in [0.25, 0.3) is 0 Å². The van der Waals surface area contributed by atoms with Crippen molar-refractivity contribution in [2.24, 2.45) is 0 Å². The predicted octanol–water partition coefficient (Wildman–Crippen LogP) is 1.50. The minimum Gasteiger partial charge on any atom is -1.00 e. The predicted molar refractivity (Wildman–Crippen MR) is 129 cm³/mol. The fraction of sp³-hybridized carbons (Fsp3) is 0.103. The molecule has 0 atom stereocenters. The summed E-state index contributed by atoms with van der Waals surface area (Å²) in [6, 6.07) is 36.1. The quantitative estimate of drug-likeness (QED) is 0.332. The van der Waals surface area contributed by atoms with Crippen molar-refractivity contribution in [1.82, 2.24) is 0 Å². The molecule has 0 amide bonds. The largest absolute Gasteiger partial charge is 2.00 e. The smallest absolute Gasteiger partial charge is 1.00 e. The Kier molecular flexibility index (Phi) is 7.76. The monoisotopic (exact) mass is 560 g/mol. The molecular weight excluding hydrogens is 539 g/mol. The first-order chi connectivity index (χ1) is 14.7. The molecule has 0 unspecified atom stereocenters. The Morgan fingerprint density at radius 3 is 1.03 bits per heavy atom. The van der Waals surface area contributed by atoms with Crippen molar-refractivity contribution < 1.29 is 51.0 Å². The Labute approximate surface area is 229 Å². The maximum absolute atomic E-state index is 4.48. The summed E-state index contributed by atoms with van der Waals surface area (Å²) < 4.78 is 0. The number of hydrogen-bond donors (Lipinski definition) is 0. The fourth-order valence-corrected chi connectivity index (χ4v) is 10.5. The minimum atomic E-state index is -2.10. The Hall–Kier alpha value is -1.70. The summed E-state index contributed by atoms with van der Waals surface area (Å²) in [4.78, 5) is 0. The van der Waals surface area contributed by atoms with Gasteiger partial charge in [0.1, 0.15) is 0 Å². The summed E-state index contributed by atoms with van der Waals surface area (Å²) in [5.41, 5.74) is 14.7. The fourth-order valence-electron chi connectivity index (χ4n) is 6.05. The Morgan fingerprint density at radius 2 is 0.788 bits per heavy atom. The van der Waals surface area contributed by atoms with Crippen molar-refractivity contribution >= 4 is 8.07 Å². The van der Waals surface area contributed by atoms with Crippen molar-refractivity contribution in [3.05, 3.63) is 132 Å². The zero-order valence-electron chi connectivity index (χ0n) is 18.4. The van der Waals surface area contributed by atoms with Crippen molar-refractivity contribution in [3.8, 4) is 22.3 Å². The second-order valence-electron chi connectivity index (χ2n) is 8.79. The van der Waals surface area contributed by atoms with E-state index in [4.69, 9.17) is 0 Å². The summed E-state index contributed by atoms with van der Waals surface area (Å²) >= 11 is 0. The van der Waals surface area contributed by atoms with E-state index in [1.807, 2.05) is 0 Å². The maximum atomic E-state index is 4.48. The van der Waals surface area contributed by atoms with E-state index in [0.29, 0.717) is 11.1 Å². The van der Waals surface area contributed by atoms with E-state index in [0.717, 1.165) is 0 Å². The number of fused-ring (bicyclic) bond motifs is 6. The second-order valence-corrected chi connectivity index (χ2v) is 13.1. The van der Waals surface area contributed by atoms with Crippen LogP contribution in [0.3, 0.4) is 0 Å². The van der Waals surface area contributed by atoms with Crippen LogP contribution in [0.15, 0.2) is 109 Å². The molecule has 0 saturated heterocycles. The van der Waals surface area contributed by atoms with Gasteiger partial charge in [-0.2, -0.15) is 0 Å². The van der Waals surface area contributed by atoms with E-state index in [1.165, 1.54) is 44.5 Å². The van der Waals surface area contributed by atoms with Crippen molar-refractivity contribution in [2.75, 3.05) is 0 Å². The summed E-state index contributed by atoms with van der Waals surface area (Å²) in [7, 11) is -2.10. The molecule has 0 N–H and O–H groups in total. The van der Waals surface area contributed by atoms with Crippen LogP contribution in [0.4, 0.5) is 0 Å². The van der Waals surface area contributed by atoms with Gasteiger partial charge >= 0.3 is 26.2 Å². The molecular formula is C29H24Cl2SiZr. The minimum absolute atomic E-state index is 0. The molecule has 0 bridgehead atoms. The van der Waals surface area contributed by atoms with Crippen LogP contribution in [0.1, 0.15) is 33.3 Å². The Balaban J connectivity index is 0.00000102. The molecule has 2 aliphatic carbocycles. The zero-order chi connectivity index (χ0) is 20.3. The van der Waals surface area contributed by atoms with Crippen LogP contribution in [0.2, 0.25) is 6.55 Å². The molecule has 0 saturated carbocycles. The van der Waals surface area contributed by atoms with E-state index >= 15 is 0 Å². The number of hydrogen-bond acceptors (Lipinski definition) is 0. The van der Waals surface area contributed by atoms with Gasteiger partial charge in [-0.15, -0.1) is 6.58 Å².